The molecule has 1 aliphatic carbocycles. The van der Waals surface area contributed by atoms with Crippen LogP contribution in [0, 0.1) is 11.8 Å². The highest BCUT2D eigenvalue weighted by atomic mass is 16.5. The lowest BCUT2D eigenvalue weighted by Crippen LogP contribution is -2.37. The van der Waals surface area contributed by atoms with Gasteiger partial charge in [0.2, 0.25) is 0 Å². The average molecular weight is 242 g/mol. The van der Waals surface area contributed by atoms with Gasteiger partial charge in [-0.25, -0.2) is 4.79 Å². The minimum Gasteiger partial charge on any atom is -0.448 e. The lowest BCUT2D eigenvalue weighted by Gasteiger charge is -2.30. The number of hydrogen-bond acceptors (Lipinski definition) is 3. The summed E-state index contributed by atoms with van der Waals surface area (Å²) in [7, 11) is 0. The summed E-state index contributed by atoms with van der Waals surface area (Å²) < 4.78 is 4.70. The normalized spacial score (nSPS) is 24.9. The predicted molar refractivity (Wildman–Crippen MR) is 68.7 cm³/mol. The molecule has 0 aromatic rings. The van der Waals surface area contributed by atoms with Crippen molar-refractivity contribution < 1.29 is 9.53 Å². The maximum atomic E-state index is 10.4. The highest BCUT2D eigenvalue weighted by Gasteiger charge is 2.21. The minimum absolute atomic E-state index is 0.376. The summed E-state index contributed by atoms with van der Waals surface area (Å²) >= 11 is 0. The van der Waals surface area contributed by atoms with Crippen molar-refractivity contribution in [3.05, 3.63) is 0 Å². The summed E-state index contributed by atoms with van der Waals surface area (Å²) in [5, 5.41) is 3.45. The van der Waals surface area contributed by atoms with E-state index in [4.69, 9.17) is 10.5 Å². The van der Waals surface area contributed by atoms with Gasteiger partial charge in [0.15, 0.2) is 0 Å². The topological polar surface area (TPSA) is 64.3 Å². The third-order valence-electron chi connectivity index (χ3n) is 3.37. The molecule has 0 aliphatic heterocycles. The molecule has 100 valence electrons. The number of carbonyl (C=O) groups excluding carboxylic acids is 1. The van der Waals surface area contributed by atoms with Crippen molar-refractivity contribution in [3.8, 4) is 0 Å². The molecule has 1 rings (SSSR count). The van der Waals surface area contributed by atoms with Crippen LogP contribution in [-0.2, 0) is 4.74 Å². The SMILES string of the molecule is CC(C)CC1CCCC(NCCOC(N)=O)C1. The van der Waals surface area contributed by atoms with Crippen LogP contribution >= 0.6 is 0 Å². The first-order valence-corrected chi connectivity index (χ1v) is 6.73. The van der Waals surface area contributed by atoms with Gasteiger partial charge in [0, 0.05) is 12.6 Å². The molecule has 0 bridgehead atoms. The quantitative estimate of drug-likeness (QED) is 0.702. The van der Waals surface area contributed by atoms with Crippen LogP contribution in [0.25, 0.3) is 0 Å². The van der Waals surface area contributed by atoms with Gasteiger partial charge in [-0.05, 0) is 31.1 Å². The predicted octanol–water partition coefficient (Wildman–Crippen LogP) is 2.28. The molecule has 17 heavy (non-hydrogen) atoms. The van der Waals surface area contributed by atoms with E-state index in [0.29, 0.717) is 19.2 Å². The van der Waals surface area contributed by atoms with Gasteiger partial charge < -0.3 is 15.8 Å². The third kappa shape index (κ3) is 6.51. The molecule has 4 heteroatoms. The summed E-state index contributed by atoms with van der Waals surface area (Å²) in [4.78, 5) is 10.4. The fourth-order valence-electron chi connectivity index (χ4n) is 2.77. The van der Waals surface area contributed by atoms with Gasteiger partial charge in [-0.2, -0.15) is 0 Å². The van der Waals surface area contributed by atoms with Crippen LogP contribution in [0.2, 0.25) is 0 Å². The monoisotopic (exact) mass is 242 g/mol. The number of hydrogen-bond donors (Lipinski definition) is 2. The fraction of sp³-hybridized carbons (Fsp3) is 0.923. The molecule has 0 radical (unpaired) electrons. The summed E-state index contributed by atoms with van der Waals surface area (Å²) in [6.07, 6.45) is 5.82. The van der Waals surface area contributed by atoms with Gasteiger partial charge in [0.1, 0.15) is 6.61 Å². The number of carbonyl (C=O) groups is 1. The van der Waals surface area contributed by atoms with E-state index in [9.17, 15) is 4.79 Å². The Kier molecular flexibility index (Phi) is 6.34. The first-order chi connectivity index (χ1) is 8.08. The molecule has 1 fully saturated rings. The largest absolute Gasteiger partial charge is 0.448 e. The molecular formula is C13H26N2O2. The Morgan fingerprint density at radius 2 is 2.24 bits per heavy atom. The summed E-state index contributed by atoms with van der Waals surface area (Å²) in [6.45, 7) is 5.66. The minimum atomic E-state index is -0.687. The Morgan fingerprint density at radius 3 is 2.88 bits per heavy atom. The van der Waals surface area contributed by atoms with Crippen molar-refractivity contribution in [2.45, 2.75) is 52.0 Å². The Hall–Kier alpha value is -0.770. The molecule has 1 amide bonds. The number of amides is 1. The van der Waals surface area contributed by atoms with Gasteiger partial charge in [0.25, 0.3) is 0 Å². The zero-order valence-electron chi connectivity index (χ0n) is 11.1. The molecule has 2 atom stereocenters. The second kappa shape index (κ2) is 7.54. The first-order valence-electron chi connectivity index (χ1n) is 6.73. The van der Waals surface area contributed by atoms with Gasteiger partial charge in [-0.15, -0.1) is 0 Å². The molecular weight excluding hydrogens is 216 g/mol. The Morgan fingerprint density at radius 1 is 1.47 bits per heavy atom. The highest BCUT2D eigenvalue weighted by Crippen LogP contribution is 2.29. The zero-order valence-corrected chi connectivity index (χ0v) is 11.1. The molecule has 0 aromatic heterocycles. The maximum absolute atomic E-state index is 10.4. The van der Waals surface area contributed by atoms with Crippen LogP contribution in [0.5, 0.6) is 0 Å². The number of nitrogens with two attached hydrogens (primary N) is 1. The van der Waals surface area contributed by atoms with Gasteiger partial charge >= 0.3 is 6.09 Å². The number of nitrogens with one attached hydrogen (secondary N) is 1. The van der Waals surface area contributed by atoms with E-state index in [1.165, 1.54) is 32.1 Å². The smallest absolute Gasteiger partial charge is 0.404 e. The van der Waals surface area contributed by atoms with Gasteiger partial charge in [-0.1, -0.05) is 26.7 Å². The number of primary amides is 1. The van der Waals surface area contributed by atoms with E-state index >= 15 is 0 Å². The zero-order chi connectivity index (χ0) is 12.7. The molecule has 1 saturated carbocycles. The molecule has 2 unspecified atom stereocenters. The van der Waals surface area contributed by atoms with Crippen LogP contribution in [0.4, 0.5) is 4.79 Å². The van der Waals surface area contributed by atoms with E-state index in [1.54, 1.807) is 0 Å². The maximum Gasteiger partial charge on any atom is 0.404 e. The fourth-order valence-corrected chi connectivity index (χ4v) is 2.77. The molecule has 0 heterocycles. The van der Waals surface area contributed by atoms with E-state index in [2.05, 4.69) is 19.2 Å². The van der Waals surface area contributed by atoms with Crippen LogP contribution < -0.4 is 11.1 Å². The van der Waals surface area contributed by atoms with Crippen molar-refractivity contribution >= 4 is 6.09 Å². The second-order valence-corrected chi connectivity index (χ2v) is 5.48. The summed E-state index contributed by atoms with van der Waals surface area (Å²) in [5.41, 5.74) is 4.90. The van der Waals surface area contributed by atoms with Crippen LogP contribution in [0.1, 0.15) is 46.0 Å². The van der Waals surface area contributed by atoms with E-state index in [-0.39, 0.29) is 0 Å². The lowest BCUT2D eigenvalue weighted by atomic mass is 9.81. The van der Waals surface area contributed by atoms with Crippen molar-refractivity contribution in [1.82, 2.24) is 5.32 Å². The molecule has 4 nitrogen and oxygen atoms in total. The summed E-state index contributed by atoms with van der Waals surface area (Å²) in [5.74, 6) is 1.65. The van der Waals surface area contributed by atoms with Crippen molar-refractivity contribution in [1.29, 1.82) is 0 Å². The highest BCUT2D eigenvalue weighted by molar-refractivity contribution is 5.64. The third-order valence-corrected chi connectivity index (χ3v) is 3.37. The second-order valence-electron chi connectivity index (χ2n) is 5.48. The average Bonchev–Trinajstić information content (AvgIpc) is 2.24. The first kappa shape index (κ1) is 14.3. The molecule has 1 aliphatic rings. The van der Waals surface area contributed by atoms with Crippen molar-refractivity contribution in [2.75, 3.05) is 13.2 Å². The Balaban J connectivity index is 2.14. The van der Waals surface area contributed by atoms with Crippen molar-refractivity contribution in [3.63, 3.8) is 0 Å². The van der Waals surface area contributed by atoms with Crippen LogP contribution in [0.15, 0.2) is 0 Å². The Bertz CT molecular complexity index is 231. The number of rotatable bonds is 6. The van der Waals surface area contributed by atoms with Gasteiger partial charge in [-0.3, -0.25) is 0 Å². The summed E-state index contributed by atoms with van der Waals surface area (Å²) in [6, 6.07) is 0.587. The van der Waals surface area contributed by atoms with E-state index in [1.807, 2.05) is 0 Å². The standard InChI is InChI=1S/C13H26N2O2/c1-10(2)8-11-4-3-5-12(9-11)15-6-7-17-13(14)16/h10-12,15H,3-9H2,1-2H3,(H2,14,16). The molecule has 0 aromatic carbocycles. The Labute approximate surface area is 104 Å². The van der Waals surface area contributed by atoms with E-state index in [0.717, 1.165) is 11.8 Å². The molecule has 0 spiro atoms. The lowest BCUT2D eigenvalue weighted by molar-refractivity contribution is 0.153. The molecule has 0 saturated heterocycles. The van der Waals surface area contributed by atoms with Crippen LogP contribution in [0.3, 0.4) is 0 Å². The van der Waals surface area contributed by atoms with E-state index < -0.39 is 6.09 Å². The van der Waals surface area contributed by atoms with Crippen molar-refractivity contribution in [2.24, 2.45) is 17.6 Å². The van der Waals surface area contributed by atoms with Gasteiger partial charge in [0.05, 0.1) is 0 Å². The van der Waals surface area contributed by atoms with Crippen LogP contribution in [-0.4, -0.2) is 25.3 Å². The molecule has 3 N–H and O–H groups in total. The number of ether oxygens (including phenoxy) is 1.